The molecule has 2 heterocycles. The average Bonchev–Trinajstić information content (AvgIpc) is 3.24. The van der Waals surface area contributed by atoms with Crippen LogP contribution in [0.4, 0.5) is 13.2 Å². The maximum atomic E-state index is 12.3. The topological polar surface area (TPSA) is 70.2 Å². The molecule has 3 rings (SSSR count). The Bertz CT molecular complexity index is 1040. The number of benzene rings is 1. The number of halogens is 3. The fourth-order valence-electron chi connectivity index (χ4n) is 3.50. The number of hydrazone groups is 1. The van der Waals surface area contributed by atoms with E-state index in [2.05, 4.69) is 49.5 Å². The van der Waals surface area contributed by atoms with Crippen LogP contribution in [0.2, 0.25) is 0 Å². The normalized spacial score (nSPS) is 16.0. The van der Waals surface area contributed by atoms with Crippen LogP contribution in [-0.4, -0.2) is 83.8 Å². The van der Waals surface area contributed by atoms with Gasteiger partial charge in [0.05, 0.1) is 6.54 Å². The summed E-state index contributed by atoms with van der Waals surface area (Å²) < 4.78 is 46.1. The maximum absolute atomic E-state index is 12.3. The van der Waals surface area contributed by atoms with Gasteiger partial charge in [0.25, 0.3) is 5.89 Å². The Hall–Kier alpha value is -3.34. The van der Waals surface area contributed by atoms with Crippen molar-refractivity contribution in [3.63, 3.8) is 0 Å². The van der Waals surface area contributed by atoms with Gasteiger partial charge in [-0.3, -0.25) is 5.01 Å². The molecule has 8 nitrogen and oxygen atoms in total. The number of likely N-dealkylation sites (N-methyl/N-ethyl adjacent to an activating group) is 2. The van der Waals surface area contributed by atoms with Crippen molar-refractivity contribution in [2.45, 2.75) is 20.2 Å². The largest absolute Gasteiger partial charge is 0.573 e. The fourth-order valence-corrected chi connectivity index (χ4v) is 3.50. The number of nitrogens with zero attached hydrogens (tertiary/aromatic N) is 6. The molecule has 0 aliphatic carbocycles. The molecule has 34 heavy (non-hydrogen) atoms. The molecule has 1 aromatic carbocycles. The maximum Gasteiger partial charge on any atom is 0.573 e. The van der Waals surface area contributed by atoms with E-state index < -0.39 is 6.36 Å². The van der Waals surface area contributed by atoms with Gasteiger partial charge in [0.2, 0.25) is 5.82 Å². The van der Waals surface area contributed by atoms with E-state index in [1.54, 1.807) is 11.9 Å². The zero-order chi connectivity index (χ0) is 24.9. The molecule has 0 bridgehead atoms. The molecule has 11 heteroatoms. The van der Waals surface area contributed by atoms with Gasteiger partial charge in [0.1, 0.15) is 11.5 Å². The second kappa shape index (κ2) is 10.7. The Kier molecular flexibility index (Phi) is 7.98. The minimum absolute atomic E-state index is 0.223. The van der Waals surface area contributed by atoms with Gasteiger partial charge in [-0.25, -0.2) is 0 Å². The molecule has 1 aliphatic heterocycles. The number of ether oxygens (including phenoxy) is 1. The zero-order valence-electron chi connectivity index (χ0n) is 19.8. The lowest BCUT2D eigenvalue weighted by molar-refractivity contribution is -0.274. The number of rotatable bonds is 8. The zero-order valence-corrected chi connectivity index (χ0v) is 19.8. The van der Waals surface area contributed by atoms with Crippen LogP contribution in [0.5, 0.6) is 5.75 Å². The minimum Gasteiger partial charge on any atom is -0.406 e. The monoisotopic (exact) mass is 478 g/mol. The first kappa shape index (κ1) is 25.3. The van der Waals surface area contributed by atoms with Crippen molar-refractivity contribution in [2.24, 2.45) is 5.10 Å². The number of hydrogen-bond donors (Lipinski definition) is 0. The van der Waals surface area contributed by atoms with Crippen LogP contribution >= 0.6 is 0 Å². The molecule has 0 radical (unpaired) electrons. The summed E-state index contributed by atoms with van der Waals surface area (Å²) in [5.74, 6) is 0.143. The second-order valence-electron chi connectivity index (χ2n) is 8.27. The molecular formula is C23H29F3N6O2. The molecule has 0 spiro atoms. The SMILES string of the molecule is C=C(C=C(C)CN(C)N=C(C)c1nc(-c2ccc(OC(F)(F)F)cc2)no1)N1CCN(C)CC1. The summed E-state index contributed by atoms with van der Waals surface area (Å²) in [6.07, 6.45) is -2.67. The van der Waals surface area contributed by atoms with Crippen LogP contribution in [0.1, 0.15) is 19.7 Å². The van der Waals surface area contributed by atoms with Gasteiger partial charge in [-0.2, -0.15) is 10.1 Å². The highest BCUT2D eigenvalue weighted by atomic mass is 19.4. The van der Waals surface area contributed by atoms with E-state index in [0.717, 1.165) is 37.4 Å². The van der Waals surface area contributed by atoms with Crippen molar-refractivity contribution in [1.82, 2.24) is 24.9 Å². The highest BCUT2D eigenvalue weighted by Crippen LogP contribution is 2.25. The summed E-state index contributed by atoms with van der Waals surface area (Å²) in [4.78, 5) is 8.87. The summed E-state index contributed by atoms with van der Waals surface area (Å²) in [5.41, 5.74) is 3.11. The third-order valence-electron chi connectivity index (χ3n) is 5.20. The predicted molar refractivity (Wildman–Crippen MR) is 123 cm³/mol. The van der Waals surface area contributed by atoms with E-state index >= 15 is 0 Å². The number of alkyl halides is 3. The van der Waals surface area contributed by atoms with Gasteiger partial charge < -0.3 is 19.1 Å². The average molecular weight is 479 g/mol. The van der Waals surface area contributed by atoms with E-state index in [-0.39, 0.29) is 17.5 Å². The van der Waals surface area contributed by atoms with Crippen LogP contribution < -0.4 is 4.74 Å². The van der Waals surface area contributed by atoms with Crippen molar-refractivity contribution in [2.75, 3.05) is 46.8 Å². The first-order chi connectivity index (χ1) is 16.0. The van der Waals surface area contributed by atoms with Crippen LogP contribution in [0, 0.1) is 0 Å². The van der Waals surface area contributed by atoms with Crippen molar-refractivity contribution in [1.29, 1.82) is 0 Å². The summed E-state index contributed by atoms with van der Waals surface area (Å²) >= 11 is 0. The number of allylic oxidation sites excluding steroid dienone is 1. The van der Waals surface area contributed by atoms with Gasteiger partial charge in [-0.05, 0) is 51.2 Å². The van der Waals surface area contributed by atoms with Crippen molar-refractivity contribution >= 4 is 5.71 Å². The van der Waals surface area contributed by atoms with E-state index in [1.807, 2.05) is 14.0 Å². The number of piperazine rings is 1. The standard InChI is InChI=1S/C23H29F3N6O2/c1-16(14-17(2)32-12-10-30(4)11-13-32)15-31(5)28-18(3)22-27-21(29-34-22)19-6-8-20(9-7-19)33-23(24,25)26/h6-9,14H,2,10-13,15H2,1,3-5H3. The molecule has 2 aromatic rings. The molecule has 1 fully saturated rings. The molecule has 0 N–H and O–H groups in total. The molecule has 0 unspecified atom stereocenters. The Morgan fingerprint density at radius 3 is 2.47 bits per heavy atom. The van der Waals surface area contributed by atoms with Crippen molar-refractivity contribution in [3.05, 3.63) is 54.1 Å². The lowest BCUT2D eigenvalue weighted by Crippen LogP contribution is -2.43. The van der Waals surface area contributed by atoms with Crippen LogP contribution in [-0.2, 0) is 0 Å². The Morgan fingerprint density at radius 2 is 1.85 bits per heavy atom. The van der Waals surface area contributed by atoms with Crippen molar-refractivity contribution in [3.8, 4) is 17.1 Å². The predicted octanol–water partition coefficient (Wildman–Crippen LogP) is 4.00. The van der Waals surface area contributed by atoms with E-state index in [1.165, 1.54) is 24.3 Å². The quantitative estimate of drug-likeness (QED) is 0.323. The highest BCUT2D eigenvalue weighted by Gasteiger charge is 2.31. The Labute approximate surface area is 197 Å². The highest BCUT2D eigenvalue weighted by molar-refractivity contribution is 5.94. The smallest absolute Gasteiger partial charge is 0.406 e. The van der Waals surface area contributed by atoms with Gasteiger partial charge in [-0.15, -0.1) is 13.2 Å². The second-order valence-corrected chi connectivity index (χ2v) is 8.27. The number of aromatic nitrogens is 2. The minimum atomic E-state index is -4.74. The van der Waals surface area contributed by atoms with Crippen LogP contribution in [0.3, 0.4) is 0 Å². The third-order valence-corrected chi connectivity index (χ3v) is 5.20. The molecule has 1 saturated heterocycles. The van der Waals surface area contributed by atoms with Gasteiger partial charge in [0, 0.05) is 44.5 Å². The van der Waals surface area contributed by atoms with Crippen LogP contribution in [0.15, 0.2) is 57.8 Å². The summed E-state index contributed by atoms with van der Waals surface area (Å²) in [6.45, 7) is 12.5. The van der Waals surface area contributed by atoms with Gasteiger partial charge in [-0.1, -0.05) is 17.3 Å². The first-order valence-electron chi connectivity index (χ1n) is 10.8. The summed E-state index contributed by atoms with van der Waals surface area (Å²) in [6, 6.07) is 5.24. The molecule has 1 aromatic heterocycles. The van der Waals surface area contributed by atoms with Gasteiger partial charge >= 0.3 is 6.36 Å². The van der Waals surface area contributed by atoms with E-state index in [0.29, 0.717) is 17.8 Å². The Morgan fingerprint density at radius 1 is 1.21 bits per heavy atom. The molecule has 0 atom stereocenters. The van der Waals surface area contributed by atoms with E-state index in [9.17, 15) is 13.2 Å². The first-order valence-corrected chi connectivity index (χ1v) is 10.8. The molecule has 0 saturated carbocycles. The van der Waals surface area contributed by atoms with E-state index in [4.69, 9.17) is 4.52 Å². The fraction of sp³-hybridized carbons (Fsp3) is 0.435. The third kappa shape index (κ3) is 7.34. The molecular weight excluding hydrogens is 449 g/mol. The Balaban J connectivity index is 1.59. The van der Waals surface area contributed by atoms with Crippen LogP contribution in [0.25, 0.3) is 11.4 Å². The molecule has 184 valence electrons. The lowest BCUT2D eigenvalue weighted by atomic mass is 10.2. The van der Waals surface area contributed by atoms with Gasteiger partial charge in [0.15, 0.2) is 0 Å². The summed E-state index contributed by atoms with van der Waals surface area (Å²) in [5, 5.41) is 10.2. The van der Waals surface area contributed by atoms with Crippen molar-refractivity contribution < 1.29 is 22.4 Å². The molecule has 0 amide bonds. The molecule has 1 aliphatic rings. The number of hydrogen-bond acceptors (Lipinski definition) is 8. The lowest BCUT2D eigenvalue weighted by Gasteiger charge is -2.34. The summed E-state index contributed by atoms with van der Waals surface area (Å²) in [7, 11) is 3.96.